The number of aromatic nitrogens is 2. The van der Waals surface area contributed by atoms with E-state index in [0.29, 0.717) is 19.8 Å². The summed E-state index contributed by atoms with van der Waals surface area (Å²) >= 11 is 1.55. The molecule has 2 aromatic heterocycles. The van der Waals surface area contributed by atoms with Crippen molar-refractivity contribution in [2.45, 2.75) is 13.5 Å². The van der Waals surface area contributed by atoms with Crippen molar-refractivity contribution in [1.82, 2.24) is 9.78 Å². The molecule has 0 unspecified atom stereocenters. The fraction of sp³-hybridized carbons (Fsp3) is 0.455. The van der Waals surface area contributed by atoms with Crippen molar-refractivity contribution in [3.05, 3.63) is 28.0 Å². The Labute approximate surface area is 96.5 Å². The molecular weight excluding hydrogens is 224 g/mol. The van der Waals surface area contributed by atoms with Crippen LogP contribution in [0.1, 0.15) is 6.92 Å². The van der Waals surface area contributed by atoms with E-state index in [1.54, 1.807) is 22.2 Å². The number of nitrogens with zero attached hydrogens (tertiary/aromatic N) is 2. The van der Waals surface area contributed by atoms with Gasteiger partial charge in [-0.05, 0) is 11.4 Å². The van der Waals surface area contributed by atoms with E-state index in [9.17, 15) is 4.79 Å². The Hall–Kier alpha value is -1.20. The third kappa shape index (κ3) is 1.47. The van der Waals surface area contributed by atoms with Crippen molar-refractivity contribution in [3.8, 4) is 0 Å². The number of thiophene rings is 1. The van der Waals surface area contributed by atoms with Crippen molar-refractivity contribution >= 4 is 21.4 Å². The van der Waals surface area contributed by atoms with Crippen LogP contribution < -0.4 is 5.56 Å². The average molecular weight is 236 g/mol. The van der Waals surface area contributed by atoms with Crippen LogP contribution in [0.2, 0.25) is 0 Å². The van der Waals surface area contributed by atoms with Crippen LogP contribution in [-0.4, -0.2) is 23.0 Å². The van der Waals surface area contributed by atoms with E-state index in [-0.39, 0.29) is 11.0 Å². The van der Waals surface area contributed by atoms with Gasteiger partial charge in [0.1, 0.15) is 0 Å². The highest BCUT2D eigenvalue weighted by atomic mass is 32.1. The number of hydrogen-bond donors (Lipinski definition) is 0. The Bertz CT molecular complexity index is 583. The van der Waals surface area contributed by atoms with Crippen molar-refractivity contribution in [2.24, 2.45) is 5.41 Å². The zero-order valence-corrected chi connectivity index (χ0v) is 9.79. The number of hydrogen-bond acceptors (Lipinski definition) is 4. The molecule has 0 bridgehead atoms. The van der Waals surface area contributed by atoms with E-state index < -0.39 is 0 Å². The molecule has 1 saturated heterocycles. The summed E-state index contributed by atoms with van der Waals surface area (Å²) in [5, 5.41) is 6.90. The van der Waals surface area contributed by atoms with Crippen LogP contribution in [0.25, 0.3) is 10.1 Å². The molecule has 1 aliphatic heterocycles. The van der Waals surface area contributed by atoms with Crippen LogP contribution in [-0.2, 0) is 11.3 Å². The topological polar surface area (TPSA) is 44.1 Å². The van der Waals surface area contributed by atoms with E-state index in [1.807, 2.05) is 11.4 Å². The summed E-state index contributed by atoms with van der Waals surface area (Å²) in [6, 6.07) is 1.86. The zero-order chi connectivity index (χ0) is 11.2. The van der Waals surface area contributed by atoms with E-state index >= 15 is 0 Å². The first-order chi connectivity index (χ1) is 7.68. The molecule has 0 amide bonds. The predicted octanol–water partition coefficient (Wildman–Crippen LogP) is 1.49. The predicted molar refractivity (Wildman–Crippen MR) is 62.8 cm³/mol. The van der Waals surface area contributed by atoms with Gasteiger partial charge in [-0.3, -0.25) is 4.79 Å². The Morgan fingerprint density at radius 3 is 3.12 bits per heavy atom. The Balaban J connectivity index is 2.03. The van der Waals surface area contributed by atoms with Gasteiger partial charge in [-0.2, -0.15) is 5.10 Å². The van der Waals surface area contributed by atoms with Crippen molar-refractivity contribution in [2.75, 3.05) is 13.2 Å². The highest BCUT2D eigenvalue weighted by Gasteiger charge is 2.34. The quantitative estimate of drug-likeness (QED) is 0.793. The maximum Gasteiger partial charge on any atom is 0.275 e. The summed E-state index contributed by atoms with van der Waals surface area (Å²) in [6.45, 7) is 4.17. The lowest BCUT2D eigenvalue weighted by molar-refractivity contribution is -0.112. The minimum Gasteiger partial charge on any atom is -0.380 e. The largest absolute Gasteiger partial charge is 0.380 e. The molecule has 1 fully saturated rings. The van der Waals surface area contributed by atoms with Gasteiger partial charge in [0, 0.05) is 5.41 Å². The van der Waals surface area contributed by atoms with Gasteiger partial charge >= 0.3 is 0 Å². The van der Waals surface area contributed by atoms with Crippen LogP contribution in [0, 0.1) is 5.41 Å². The second-order valence-corrected chi connectivity index (χ2v) is 5.56. The Kier molecular flexibility index (Phi) is 2.12. The SMILES string of the molecule is CC1(Cn2ncc3sccc3c2=O)COC1. The number of rotatable bonds is 2. The van der Waals surface area contributed by atoms with Crippen LogP contribution in [0.15, 0.2) is 22.4 Å². The van der Waals surface area contributed by atoms with Gasteiger partial charge in [-0.1, -0.05) is 6.92 Å². The Morgan fingerprint density at radius 1 is 1.62 bits per heavy atom. The molecule has 2 aromatic rings. The third-order valence-electron chi connectivity index (χ3n) is 2.91. The summed E-state index contributed by atoms with van der Waals surface area (Å²) in [5.41, 5.74) is 0.0763. The van der Waals surface area contributed by atoms with Crippen LogP contribution >= 0.6 is 11.3 Å². The summed E-state index contributed by atoms with van der Waals surface area (Å²) in [6.07, 6.45) is 1.77. The smallest absolute Gasteiger partial charge is 0.275 e. The van der Waals surface area contributed by atoms with Crippen LogP contribution in [0.3, 0.4) is 0 Å². The van der Waals surface area contributed by atoms with Gasteiger partial charge < -0.3 is 4.74 Å². The lowest BCUT2D eigenvalue weighted by atomic mass is 9.89. The maximum absolute atomic E-state index is 12.1. The minimum atomic E-state index is 0.00637. The molecular formula is C11H12N2O2S. The third-order valence-corrected chi connectivity index (χ3v) is 3.76. The van der Waals surface area contributed by atoms with Crippen molar-refractivity contribution < 1.29 is 4.74 Å². The summed E-state index contributed by atoms with van der Waals surface area (Å²) in [4.78, 5) is 12.1. The molecule has 5 heteroatoms. The molecule has 3 heterocycles. The molecule has 0 saturated carbocycles. The highest BCUT2D eigenvalue weighted by Crippen LogP contribution is 2.27. The van der Waals surface area contributed by atoms with Gasteiger partial charge in [0.2, 0.25) is 0 Å². The zero-order valence-electron chi connectivity index (χ0n) is 8.97. The molecule has 3 rings (SSSR count). The van der Waals surface area contributed by atoms with Gasteiger partial charge in [0.05, 0.1) is 36.0 Å². The Morgan fingerprint density at radius 2 is 2.44 bits per heavy atom. The molecule has 0 spiro atoms. The fourth-order valence-electron chi connectivity index (χ4n) is 1.93. The lowest BCUT2D eigenvalue weighted by Gasteiger charge is -2.37. The van der Waals surface area contributed by atoms with E-state index in [0.717, 1.165) is 10.1 Å². The first kappa shape index (κ1) is 9.99. The fourth-order valence-corrected chi connectivity index (χ4v) is 2.67. The van der Waals surface area contributed by atoms with Crippen LogP contribution in [0.5, 0.6) is 0 Å². The standard InChI is InChI=1S/C11H12N2O2S/c1-11(6-15-7-11)5-13-10(14)8-2-3-16-9(8)4-12-13/h2-4H,5-7H2,1H3. The summed E-state index contributed by atoms with van der Waals surface area (Å²) < 4.78 is 7.69. The molecule has 0 radical (unpaired) electrons. The monoisotopic (exact) mass is 236 g/mol. The van der Waals surface area contributed by atoms with Crippen molar-refractivity contribution in [1.29, 1.82) is 0 Å². The highest BCUT2D eigenvalue weighted by molar-refractivity contribution is 7.17. The molecule has 0 N–H and O–H groups in total. The lowest BCUT2D eigenvalue weighted by Crippen LogP contribution is -2.45. The second kappa shape index (κ2) is 3.40. The van der Waals surface area contributed by atoms with Crippen LogP contribution in [0.4, 0.5) is 0 Å². The van der Waals surface area contributed by atoms with Gasteiger partial charge in [0.25, 0.3) is 5.56 Å². The second-order valence-electron chi connectivity index (χ2n) is 4.61. The minimum absolute atomic E-state index is 0.00637. The molecule has 84 valence electrons. The normalized spacial score (nSPS) is 18.6. The number of fused-ring (bicyclic) bond motifs is 1. The van der Waals surface area contributed by atoms with E-state index in [2.05, 4.69) is 12.0 Å². The number of ether oxygens (including phenoxy) is 1. The molecule has 0 aliphatic carbocycles. The molecule has 0 aromatic carbocycles. The first-order valence-electron chi connectivity index (χ1n) is 5.19. The van der Waals surface area contributed by atoms with E-state index in [4.69, 9.17) is 4.74 Å². The van der Waals surface area contributed by atoms with Crippen molar-refractivity contribution in [3.63, 3.8) is 0 Å². The van der Waals surface area contributed by atoms with E-state index in [1.165, 1.54) is 0 Å². The van der Waals surface area contributed by atoms with Gasteiger partial charge in [0.15, 0.2) is 0 Å². The average Bonchev–Trinajstić information content (AvgIpc) is 2.68. The molecule has 0 atom stereocenters. The molecule has 1 aliphatic rings. The molecule has 16 heavy (non-hydrogen) atoms. The summed E-state index contributed by atoms with van der Waals surface area (Å²) in [7, 11) is 0. The van der Waals surface area contributed by atoms with Gasteiger partial charge in [-0.15, -0.1) is 11.3 Å². The first-order valence-corrected chi connectivity index (χ1v) is 6.07. The summed E-state index contributed by atoms with van der Waals surface area (Å²) in [5.74, 6) is 0. The maximum atomic E-state index is 12.1. The molecule has 4 nitrogen and oxygen atoms in total. The van der Waals surface area contributed by atoms with Gasteiger partial charge in [-0.25, -0.2) is 4.68 Å².